The second-order valence-corrected chi connectivity index (χ2v) is 11.3. The van der Waals surface area contributed by atoms with Crippen LogP contribution in [0, 0.1) is 0 Å². The molecule has 0 radical (unpaired) electrons. The quantitative estimate of drug-likeness (QED) is 0.254. The number of nitrogens with zero attached hydrogens (tertiary/aromatic N) is 4. The molecule has 2 fully saturated rings. The number of hydrazine groups is 1. The Balaban J connectivity index is 1.31. The number of hydrogen-bond donors (Lipinski definition) is 3. The summed E-state index contributed by atoms with van der Waals surface area (Å²) in [6.07, 6.45) is 0.573. The number of benzene rings is 4. The van der Waals surface area contributed by atoms with Gasteiger partial charge in [0, 0.05) is 13.1 Å². The number of fused-ring (bicyclic) bond motifs is 2. The molecule has 4 aromatic carbocycles. The van der Waals surface area contributed by atoms with Gasteiger partial charge in [0.2, 0.25) is 5.91 Å². The number of amides is 3. The van der Waals surface area contributed by atoms with Crippen molar-refractivity contribution in [1.82, 2.24) is 25.1 Å². The lowest BCUT2D eigenvalue weighted by Crippen LogP contribution is -2.66. The van der Waals surface area contributed by atoms with Gasteiger partial charge in [0.25, 0.3) is 0 Å². The SMILES string of the molecule is C=CCN(C(=O)NCc1ccccc1)N1CC(O)N2[C@@H](Cc3ccc(O)cc3)C(=O)N(Cc3cccc4ccccc34)C[C@@H]21. The zero-order chi connectivity index (χ0) is 30.6. The third-order valence-corrected chi connectivity index (χ3v) is 8.46. The van der Waals surface area contributed by atoms with Gasteiger partial charge in [-0.3, -0.25) is 9.80 Å². The van der Waals surface area contributed by atoms with Crippen molar-refractivity contribution in [3.63, 3.8) is 0 Å². The molecular weight excluding hydrogens is 554 g/mol. The van der Waals surface area contributed by atoms with Gasteiger partial charge in [-0.05, 0) is 46.0 Å². The van der Waals surface area contributed by atoms with Crippen LogP contribution in [0.25, 0.3) is 10.8 Å². The molecule has 2 aliphatic rings. The number of rotatable bonds is 9. The Kier molecular flexibility index (Phi) is 8.60. The molecule has 3 N–H and O–H groups in total. The maximum absolute atomic E-state index is 14.2. The van der Waals surface area contributed by atoms with Crippen molar-refractivity contribution in [3.8, 4) is 5.75 Å². The molecule has 9 nitrogen and oxygen atoms in total. The molecule has 4 aromatic rings. The van der Waals surface area contributed by atoms with Gasteiger partial charge in [-0.1, -0.05) is 91.0 Å². The van der Waals surface area contributed by atoms with Crippen molar-refractivity contribution in [2.75, 3.05) is 19.6 Å². The Labute approximate surface area is 257 Å². The van der Waals surface area contributed by atoms with Crippen LogP contribution < -0.4 is 5.32 Å². The van der Waals surface area contributed by atoms with Gasteiger partial charge in [-0.25, -0.2) is 9.69 Å². The molecule has 3 amide bonds. The maximum atomic E-state index is 14.2. The molecule has 1 unspecified atom stereocenters. The average Bonchev–Trinajstić information content (AvgIpc) is 3.37. The van der Waals surface area contributed by atoms with Crippen LogP contribution in [-0.2, 0) is 24.3 Å². The molecule has 44 heavy (non-hydrogen) atoms. The van der Waals surface area contributed by atoms with Gasteiger partial charge in [0.05, 0.1) is 25.7 Å². The number of aromatic hydroxyl groups is 1. The minimum atomic E-state index is -0.972. The van der Waals surface area contributed by atoms with Crippen LogP contribution in [-0.4, -0.2) is 80.0 Å². The monoisotopic (exact) mass is 591 g/mol. The first-order valence-electron chi connectivity index (χ1n) is 14.9. The van der Waals surface area contributed by atoms with Crippen LogP contribution in [0.3, 0.4) is 0 Å². The molecule has 0 saturated carbocycles. The molecule has 2 saturated heterocycles. The minimum absolute atomic E-state index is 0.0908. The zero-order valence-electron chi connectivity index (χ0n) is 24.5. The number of aliphatic hydroxyl groups excluding tert-OH is 1. The number of phenolic OH excluding ortho intramolecular Hbond substituents is 1. The Morgan fingerprint density at radius 2 is 1.66 bits per heavy atom. The fourth-order valence-electron chi connectivity index (χ4n) is 6.34. The number of nitrogens with one attached hydrogen (secondary N) is 1. The maximum Gasteiger partial charge on any atom is 0.332 e. The predicted octanol–water partition coefficient (Wildman–Crippen LogP) is 4.07. The first-order valence-corrected chi connectivity index (χ1v) is 14.9. The van der Waals surface area contributed by atoms with E-state index in [0.717, 1.165) is 27.5 Å². The molecular formula is C35H37N5O4. The van der Waals surface area contributed by atoms with Gasteiger partial charge in [0.1, 0.15) is 18.1 Å². The fourth-order valence-corrected chi connectivity index (χ4v) is 6.34. The minimum Gasteiger partial charge on any atom is -0.508 e. The zero-order valence-corrected chi connectivity index (χ0v) is 24.5. The van der Waals surface area contributed by atoms with Crippen molar-refractivity contribution < 1.29 is 19.8 Å². The lowest BCUT2D eigenvalue weighted by atomic mass is 9.98. The summed E-state index contributed by atoms with van der Waals surface area (Å²) in [6.45, 7) is 5.30. The molecule has 3 atom stereocenters. The Hall–Kier alpha value is -4.70. The highest BCUT2D eigenvalue weighted by molar-refractivity contribution is 5.87. The van der Waals surface area contributed by atoms with Crippen LogP contribution in [0.2, 0.25) is 0 Å². The summed E-state index contributed by atoms with van der Waals surface area (Å²) in [5, 5.41) is 29.9. The van der Waals surface area contributed by atoms with E-state index in [-0.39, 0.29) is 30.8 Å². The molecule has 0 aromatic heterocycles. The van der Waals surface area contributed by atoms with Gasteiger partial charge in [0.15, 0.2) is 0 Å². The summed E-state index contributed by atoms with van der Waals surface area (Å²) in [4.78, 5) is 31.5. The number of phenols is 1. The van der Waals surface area contributed by atoms with E-state index in [4.69, 9.17) is 0 Å². The van der Waals surface area contributed by atoms with Crippen LogP contribution in [0.1, 0.15) is 16.7 Å². The van der Waals surface area contributed by atoms with E-state index in [9.17, 15) is 19.8 Å². The summed E-state index contributed by atoms with van der Waals surface area (Å²) >= 11 is 0. The smallest absolute Gasteiger partial charge is 0.332 e. The summed E-state index contributed by atoms with van der Waals surface area (Å²) in [6, 6.07) is 29.7. The van der Waals surface area contributed by atoms with Gasteiger partial charge >= 0.3 is 6.03 Å². The summed E-state index contributed by atoms with van der Waals surface area (Å²) in [7, 11) is 0. The Bertz CT molecular complexity index is 1620. The Morgan fingerprint density at radius 1 is 0.932 bits per heavy atom. The van der Waals surface area contributed by atoms with Crippen molar-refractivity contribution in [3.05, 3.63) is 126 Å². The van der Waals surface area contributed by atoms with Crippen LogP contribution in [0.5, 0.6) is 5.75 Å². The molecule has 0 spiro atoms. The van der Waals surface area contributed by atoms with Crippen LogP contribution >= 0.6 is 0 Å². The molecule has 0 bridgehead atoms. The lowest BCUT2D eigenvalue weighted by molar-refractivity contribution is -0.158. The van der Waals surface area contributed by atoms with E-state index in [1.807, 2.05) is 69.4 Å². The second kappa shape index (κ2) is 12.9. The number of aliphatic hydroxyl groups is 1. The van der Waals surface area contributed by atoms with Crippen LogP contribution in [0.4, 0.5) is 4.79 Å². The van der Waals surface area contributed by atoms with Gasteiger partial charge in [-0.2, -0.15) is 5.01 Å². The largest absolute Gasteiger partial charge is 0.508 e. The van der Waals surface area contributed by atoms with Crippen molar-refractivity contribution >= 4 is 22.7 Å². The van der Waals surface area contributed by atoms with Gasteiger partial charge in [-0.15, -0.1) is 6.58 Å². The van der Waals surface area contributed by atoms with E-state index < -0.39 is 18.4 Å². The topological polar surface area (TPSA) is 99.6 Å². The molecule has 9 heteroatoms. The number of urea groups is 1. The Morgan fingerprint density at radius 3 is 2.43 bits per heavy atom. The second-order valence-electron chi connectivity index (χ2n) is 11.3. The summed E-state index contributed by atoms with van der Waals surface area (Å²) < 4.78 is 0. The number of β-amino-alcohol motifs (C(OH)–C–C–N with tert-alkyl or cyclic N) is 1. The highest BCUT2D eigenvalue weighted by Gasteiger charge is 2.52. The molecule has 2 aliphatic heterocycles. The molecule has 2 heterocycles. The fraction of sp³-hybridized carbons (Fsp3) is 0.257. The van der Waals surface area contributed by atoms with E-state index in [0.29, 0.717) is 26.1 Å². The number of carbonyl (C=O) groups is 2. The highest BCUT2D eigenvalue weighted by atomic mass is 16.3. The predicted molar refractivity (Wildman–Crippen MR) is 169 cm³/mol. The molecule has 6 rings (SSSR count). The van der Waals surface area contributed by atoms with Crippen molar-refractivity contribution in [2.24, 2.45) is 0 Å². The number of hydrogen-bond acceptors (Lipinski definition) is 6. The van der Waals surface area contributed by atoms with E-state index in [1.165, 1.54) is 0 Å². The van der Waals surface area contributed by atoms with Crippen molar-refractivity contribution in [1.29, 1.82) is 0 Å². The van der Waals surface area contributed by atoms with E-state index >= 15 is 0 Å². The first kappa shape index (κ1) is 29.4. The van der Waals surface area contributed by atoms with Gasteiger partial charge < -0.3 is 20.4 Å². The van der Waals surface area contributed by atoms with E-state index in [2.05, 4.69) is 30.1 Å². The third kappa shape index (κ3) is 6.03. The lowest BCUT2D eigenvalue weighted by Gasteiger charge is -2.46. The average molecular weight is 592 g/mol. The first-order chi connectivity index (χ1) is 21.4. The molecule has 0 aliphatic carbocycles. The molecule has 226 valence electrons. The third-order valence-electron chi connectivity index (χ3n) is 8.46. The standard InChI is InChI=1S/C35H37N5O4/c1-2-19-38(35(44)36-21-26-9-4-3-5-10-26)39-24-33(42)40-31(20-25-15-17-29(41)18-16-25)34(43)37(23-32(39)40)22-28-13-8-12-27-11-6-7-14-30(27)28/h2-18,31-33,41-42H,1,19-24H2,(H,36,44)/t31-,32+,33?/m0/s1. The highest BCUT2D eigenvalue weighted by Crippen LogP contribution is 2.33. The summed E-state index contributed by atoms with van der Waals surface area (Å²) in [5.74, 6) is 0.0557. The number of piperazine rings is 1. The normalized spacial score (nSPS) is 20.4. The summed E-state index contributed by atoms with van der Waals surface area (Å²) in [5.41, 5.74) is 2.86. The van der Waals surface area contributed by atoms with E-state index in [1.54, 1.807) is 35.4 Å². The number of carbonyl (C=O) groups excluding carboxylic acids is 2. The van der Waals surface area contributed by atoms with Crippen molar-refractivity contribution in [2.45, 2.75) is 37.9 Å². The van der Waals surface area contributed by atoms with Crippen LogP contribution in [0.15, 0.2) is 110 Å².